The largest absolute Gasteiger partial charge is 0.211 e. The van der Waals surface area contributed by atoms with Gasteiger partial charge in [0.1, 0.15) is 11.7 Å². The van der Waals surface area contributed by atoms with Crippen LogP contribution in [-0.2, 0) is 0 Å². The highest BCUT2D eigenvalue weighted by Gasteiger charge is 2.16. The number of hydrogen-bond acceptors (Lipinski definition) is 0. The van der Waals surface area contributed by atoms with Crippen LogP contribution in [0, 0.1) is 17.3 Å². The van der Waals surface area contributed by atoms with Gasteiger partial charge in [0.05, 0.1) is 12.0 Å². The molecule has 0 atom stereocenters. The van der Waals surface area contributed by atoms with E-state index in [1.165, 1.54) is 6.42 Å². The van der Waals surface area contributed by atoms with E-state index in [-0.39, 0.29) is 17.4 Å². The molecule has 0 heterocycles. The van der Waals surface area contributed by atoms with E-state index in [1.807, 2.05) is 57.2 Å². The molecule has 2 heteroatoms. The van der Waals surface area contributed by atoms with Crippen LogP contribution in [0.5, 0.6) is 0 Å². The Labute approximate surface area is 172 Å². The average Bonchev–Trinajstić information content (AvgIpc) is 2.79. The molecule has 0 saturated heterocycles. The second-order valence-electron chi connectivity index (χ2n) is 7.11. The molecule has 0 fully saturated rings. The molecule has 0 aromatic carbocycles. The van der Waals surface area contributed by atoms with Gasteiger partial charge in [0.2, 0.25) is 0 Å². The third-order valence-electron chi connectivity index (χ3n) is 3.32. The molecule has 0 bridgehead atoms. The molecular formula is C26H38F2. The van der Waals surface area contributed by atoms with Gasteiger partial charge in [-0.1, -0.05) is 103 Å². The maximum Gasteiger partial charge on any atom is 0.141 e. The molecule has 0 unspecified atom stereocenters. The second kappa shape index (κ2) is 15.9. The van der Waals surface area contributed by atoms with Crippen molar-refractivity contribution in [3.63, 3.8) is 0 Å². The smallest absolute Gasteiger partial charge is 0.141 e. The third-order valence-corrected chi connectivity index (χ3v) is 3.32. The molecule has 1 aliphatic rings. The first-order chi connectivity index (χ1) is 13.2. The summed E-state index contributed by atoms with van der Waals surface area (Å²) >= 11 is 0. The molecule has 0 N–H and O–H groups in total. The van der Waals surface area contributed by atoms with E-state index in [0.29, 0.717) is 5.57 Å². The fraction of sp³-hybridized carbons (Fsp3) is 0.462. The summed E-state index contributed by atoms with van der Waals surface area (Å²) in [5, 5.41) is 0. The Morgan fingerprint density at radius 3 is 2.18 bits per heavy atom. The highest BCUT2D eigenvalue weighted by molar-refractivity contribution is 5.53. The predicted octanol–water partition coefficient (Wildman–Crippen LogP) is 8.96. The maximum absolute atomic E-state index is 14.1. The minimum absolute atomic E-state index is 0.0434. The lowest BCUT2D eigenvalue weighted by molar-refractivity contribution is 0.516. The summed E-state index contributed by atoms with van der Waals surface area (Å²) in [4.78, 5) is 0. The summed E-state index contributed by atoms with van der Waals surface area (Å²) in [5.41, 5.74) is 1.90. The molecule has 0 radical (unpaired) electrons. The van der Waals surface area contributed by atoms with Gasteiger partial charge < -0.3 is 0 Å². The molecule has 0 aromatic heterocycles. The van der Waals surface area contributed by atoms with Crippen molar-refractivity contribution in [1.29, 1.82) is 0 Å². The van der Waals surface area contributed by atoms with Gasteiger partial charge in [-0.25, -0.2) is 8.78 Å². The van der Waals surface area contributed by atoms with Gasteiger partial charge in [0, 0.05) is 6.08 Å². The van der Waals surface area contributed by atoms with E-state index in [4.69, 9.17) is 0 Å². The first-order valence-corrected chi connectivity index (χ1v) is 10.1. The highest BCUT2D eigenvalue weighted by Crippen LogP contribution is 2.30. The van der Waals surface area contributed by atoms with Gasteiger partial charge in [0.25, 0.3) is 0 Å². The van der Waals surface area contributed by atoms with Crippen molar-refractivity contribution in [3.8, 4) is 11.8 Å². The first-order valence-electron chi connectivity index (χ1n) is 10.1. The van der Waals surface area contributed by atoms with Crippen molar-refractivity contribution in [2.75, 3.05) is 0 Å². The monoisotopic (exact) mass is 388 g/mol. The fourth-order valence-electron chi connectivity index (χ4n) is 1.98. The standard InChI is InChI=1S/C21H24F2.C3H8.C2H6/c1-6-7-8-9-11-17(21(3,4)5)14-16(2)19-13-10-12-18(22)15-20(19)23;1-3-2;1-2/h6-9,11,14-15H,12H2,1-5H3;3H2,1-2H3;1-2H3/b7-6?,9-8+,16-14+,17-11+;;. The van der Waals surface area contributed by atoms with E-state index in [9.17, 15) is 8.78 Å². The summed E-state index contributed by atoms with van der Waals surface area (Å²) in [7, 11) is 0. The lowest BCUT2D eigenvalue weighted by Crippen LogP contribution is -2.08. The number of halogens is 2. The molecule has 0 nitrogen and oxygen atoms in total. The third kappa shape index (κ3) is 12.3. The van der Waals surface area contributed by atoms with Crippen molar-refractivity contribution in [1.82, 2.24) is 0 Å². The lowest BCUT2D eigenvalue weighted by Gasteiger charge is -2.21. The van der Waals surface area contributed by atoms with Crippen molar-refractivity contribution in [2.45, 2.75) is 75.2 Å². The van der Waals surface area contributed by atoms with Crippen LogP contribution in [0.25, 0.3) is 0 Å². The molecule has 0 amide bonds. The highest BCUT2D eigenvalue weighted by atomic mass is 19.1. The van der Waals surface area contributed by atoms with Crippen molar-refractivity contribution >= 4 is 0 Å². The van der Waals surface area contributed by atoms with Crippen LogP contribution in [0.3, 0.4) is 0 Å². The minimum Gasteiger partial charge on any atom is -0.211 e. The molecule has 156 valence electrons. The Bertz CT molecular complexity index is 691. The zero-order chi connectivity index (χ0) is 22.2. The first kappa shape index (κ1) is 28.1. The Morgan fingerprint density at radius 2 is 1.68 bits per heavy atom. The quantitative estimate of drug-likeness (QED) is 0.333. The maximum atomic E-state index is 14.1. The Morgan fingerprint density at radius 1 is 1.11 bits per heavy atom. The molecule has 0 aromatic rings. The summed E-state index contributed by atoms with van der Waals surface area (Å²) in [5.74, 6) is 4.23. The van der Waals surface area contributed by atoms with Gasteiger partial charge >= 0.3 is 0 Å². The fourth-order valence-corrected chi connectivity index (χ4v) is 1.98. The van der Waals surface area contributed by atoms with Crippen LogP contribution < -0.4 is 0 Å². The van der Waals surface area contributed by atoms with Gasteiger partial charge in [-0.2, -0.15) is 0 Å². The Balaban J connectivity index is 0. The van der Waals surface area contributed by atoms with Crippen molar-refractivity contribution in [3.05, 3.63) is 70.9 Å². The van der Waals surface area contributed by atoms with Crippen molar-refractivity contribution < 1.29 is 8.78 Å². The molecule has 0 saturated carbocycles. The Hall–Kier alpha value is -2.14. The van der Waals surface area contributed by atoms with Gasteiger partial charge in [-0.05, 0) is 30.4 Å². The van der Waals surface area contributed by atoms with Gasteiger partial charge in [0.15, 0.2) is 0 Å². The second-order valence-corrected chi connectivity index (χ2v) is 7.11. The molecule has 1 rings (SSSR count). The zero-order valence-corrected chi connectivity index (χ0v) is 19.2. The van der Waals surface area contributed by atoms with E-state index < -0.39 is 11.7 Å². The van der Waals surface area contributed by atoms with E-state index in [2.05, 4.69) is 46.5 Å². The van der Waals surface area contributed by atoms with Crippen LogP contribution in [0.4, 0.5) is 8.78 Å². The van der Waals surface area contributed by atoms with Crippen LogP contribution >= 0.6 is 0 Å². The van der Waals surface area contributed by atoms with Crippen LogP contribution in [-0.4, -0.2) is 0 Å². The summed E-state index contributed by atoms with van der Waals surface area (Å²) in [6.45, 7) is 18.3. The molecule has 28 heavy (non-hydrogen) atoms. The van der Waals surface area contributed by atoms with Gasteiger partial charge in [-0.15, -0.1) is 0 Å². The summed E-state index contributed by atoms with van der Waals surface area (Å²) < 4.78 is 27.3. The minimum atomic E-state index is -0.612. The molecular weight excluding hydrogens is 350 g/mol. The van der Waals surface area contributed by atoms with E-state index >= 15 is 0 Å². The predicted molar refractivity (Wildman–Crippen MR) is 122 cm³/mol. The summed E-state index contributed by atoms with van der Waals surface area (Å²) in [6.07, 6.45) is 13.8. The number of hydrogen-bond donors (Lipinski definition) is 0. The van der Waals surface area contributed by atoms with E-state index in [0.717, 1.165) is 11.6 Å². The number of rotatable bonds is 4. The van der Waals surface area contributed by atoms with Crippen LogP contribution in [0.15, 0.2) is 70.9 Å². The van der Waals surface area contributed by atoms with Crippen molar-refractivity contribution in [2.24, 2.45) is 5.41 Å². The van der Waals surface area contributed by atoms with Crippen LogP contribution in [0.1, 0.15) is 75.2 Å². The van der Waals surface area contributed by atoms with E-state index in [1.54, 1.807) is 6.92 Å². The number of allylic oxidation sites excluding steroid dienone is 12. The molecule has 0 aliphatic heterocycles. The van der Waals surface area contributed by atoms with Gasteiger partial charge in [-0.3, -0.25) is 0 Å². The summed E-state index contributed by atoms with van der Waals surface area (Å²) in [6, 6.07) is 0. The Kier molecular flexibility index (Phi) is 15.9. The SMILES string of the molecule is CC.CC=C/C=C/C=C(\C=C(/C)C1=C(F)C=C(F)CC#C1)C(C)(C)C.CCC. The van der Waals surface area contributed by atoms with Crippen LogP contribution in [0.2, 0.25) is 0 Å². The normalized spacial score (nSPS) is 15.2. The zero-order valence-electron chi connectivity index (χ0n) is 19.2. The average molecular weight is 389 g/mol. The molecule has 0 spiro atoms. The lowest BCUT2D eigenvalue weighted by atomic mass is 9.84. The molecule has 1 aliphatic carbocycles. The topological polar surface area (TPSA) is 0 Å².